The molecule has 3 rings (SSSR count). The van der Waals surface area contributed by atoms with Gasteiger partial charge in [0.25, 0.3) is 11.5 Å². The molecule has 28 heavy (non-hydrogen) atoms. The van der Waals surface area contributed by atoms with E-state index in [4.69, 9.17) is 0 Å². The summed E-state index contributed by atoms with van der Waals surface area (Å²) in [4.78, 5) is 37.1. The zero-order valence-corrected chi connectivity index (χ0v) is 16.9. The Kier molecular flexibility index (Phi) is 6.26. The summed E-state index contributed by atoms with van der Waals surface area (Å²) in [5.74, 6) is -0.497. The number of halogens is 1. The number of hydrogen-bond donors (Lipinski definition) is 2. The zero-order chi connectivity index (χ0) is 20.1. The van der Waals surface area contributed by atoms with E-state index in [1.54, 1.807) is 43.5 Å². The minimum Gasteiger partial charge on any atom is -0.353 e. The number of rotatable bonds is 6. The zero-order valence-electron chi connectivity index (χ0n) is 15.3. The average Bonchev–Trinajstić information content (AvgIpc) is 2.71. The Hall–Kier alpha value is -2.93. The van der Waals surface area contributed by atoms with Crippen LogP contribution in [0.4, 0.5) is 0 Å². The molecule has 0 radical (unpaired) electrons. The van der Waals surface area contributed by atoms with Crippen molar-refractivity contribution < 1.29 is 9.59 Å². The van der Waals surface area contributed by atoms with Gasteiger partial charge in [-0.05, 0) is 42.6 Å². The molecule has 0 saturated heterocycles. The van der Waals surface area contributed by atoms with Crippen LogP contribution < -0.4 is 16.2 Å². The van der Waals surface area contributed by atoms with Gasteiger partial charge >= 0.3 is 0 Å². The molecule has 2 aromatic carbocycles. The van der Waals surface area contributed by atoms with E-state index < -0.39 is 6.04 Å². The summed E-state index contributed by atoms with van der Waals surface area (Å²) in [6, 6.07) is 15.5. The van der Waals surface area contributed by atoms with E-state index in [1.165, 1.54) is 4.57 Å². The second-order valence-electron chi connectivity index (χ2n) is 6.35. The maximum Gasteiger partial charge on any atom is 0.259 e. The number of amides is 2. The summed E-state index contributed by atoms with van der Waals surface area (Å²) in [5, 5.41) is 6.92. The van der Waals surface area contributed by atoms with E-state index in [9.17, 15) is 14.4 Å². The average molecular weight is 442 g/mol. The van der Waals surface area contributed by atoms with Crippen molar-refractivity contribution in [3.8, 4) is 0 Å². The summed E-state index contributed by atoms with van der Waals surface area (Å²) >= 11 is 3.33. The molecule has 3 aromatic rings. The first-order valence-electron chi connectivity index (χ1n) is 8.89. The molecule has 1 heterocycles. The van der Waals surface area contributed by atoms with Crippen LogP contribution in [0.25, 0.3) is 10.8 Å². The summed E-state index contributed by atoms with van der Waals surface area (Å²) in [5.41, 5.74) is 0.334. The first-order chi connectivity index (χ1) is 13.5. The second kappa shape index (κ2) is 8.84. The standard InChI is InChI=1S/C21H20BrN3O3/c1-14(25-12-9-15-5-2-3-8-18(15)21(25)28)19(26)23-10-11-24-20(27)16-6-4-7-17(22)13-16/h2-9,12-14H,10-11H2,1H3,(H,23,26)(H,24,27)/t14-/m1/s1. The highest BCUT2D eigenvalue weighted by atomic mass is 79.9. The molecule has 2 N–H and O–H groups in total. The van der Waals surface area contributed by atoms with Gasteiger partial charge in [0.2, 0.25) is 5.91 Å². The van der Waals surface area contributed by atoms with E-state index in [-0.39, 0.29) is 30.5 Å². The monoisotopic (exact) mass is 441 g/mol. The molecule has 1 aromatic heterocycles. The molecule has 6 nitrogen and oxygen atoms in total. The molecule has 0 aliphatic heterocycles. The first-order valence-corrected chi connectivity index (χ1v) is 9.68. The predicted molar refractivity (Wildman–Crippen MR) is 112 cm³/mol. The number of pyridine rings is 1. The molecule has 2 amide bonds. The van der Waals surface area contributed by atoms with Crippen molar-refractivity contribution in [2.24, 2.45) is 0 Å². The lowest BCUT2D eigenvalue weighted by Crippen LogP contribution is -2.39. The number of nitrogens with zero attached hydrogens (tertiary/aromatic N) is 1. The molecule has 0 bridgehead atoms. The Morgan fingerprint density at radius 3 is 2.57 bits per heavy atom. The molecule has 0 aliphatic rings. The van der Waals surface area contributed by atoms with E-state index in [0.29, 0.717) is 10.9 Å². The fraction of sp³-hybridized carbons (Fsp3) is 0.190. The number of fused-ring (bicyclic) bond motifs is 1. The van der Waals surface area contributed by atoms with Crippen molar-refractivity contribution >= 4 is 38.5 Å². The van der Waals surface area contributed by atoms with Crippen molar-refractivity contribution in [3.63, 3.8) is 0 Å². The molecule has 144 valence electrons. The van der Waals surface area contributed by atoms with Gasteiger partial charge in [-0.3, -0.25) is 14.4 Å². The van der Waals surface area contributed by atoms with Gasteiger partial charge in [-0.15, -0.1) is 0 Å². The van der Waals surface area contributed by atoms with E-state index in [2.05, 4.69) is 26.6 Å². The van der Waals surface area contributed by atoms with Crippen LogP contribution in [0.3, 0.4) is 0 Å². The summed E-state index contributed by atoms with van der Waals surface area (Å²) in [6.45, 7) is 2.23. The van der Waals surface area contributed by atoms with Gasteiger partial charge in [-0.1, -0.05) is 40.2 Å². The SMILES string of the molecule is C[C@H](C(=O)NCCNC(=O)c1cccc(Br)c1)n1ccc2ccccc2c1=O. The number of nitrogens with one attached hydrogen (secondary N) is 2. The molecule has 1 atom stereocenters. The van der Waals surface area contributed by atoms with Crippen LogP contribution in [0.5, 0.6) is 0 Å². The summed E-state index contributed by atoms with van der Waals surface area (Å²) in [6.07, 6.45) is 1.63. The fourth-order valence-electron chi connectivity index (χ4n) is 2.88. The van der Waals surface area contributed by atoms with Crippen LogP contribution >= 0.6 is 15.9 Å². The quantitative estimate of drug-likeness (QED) is 0.577. The highest BCUT2D eigenvalue weighted by Gasteiger charge is 2.16. The second-order valence-corrected chi connectivity index (χ2v) is 7.26. The normalized spacial score (nSPS) is 11.8. The largest absolute Gasteiger partial charge is 0.353 e. The van der Waals surface area contributed by atoms with Gasteiger partial charge in [-0.25, -0.2) is 0 Å². The number of hydrogen-bond acceptors (Lipinski definition) is 3. The maximum absolute atomic E-state index is 12.6. The van der Waals surface area contributed by atoms with Gasteiger partial charge in [-0.2, -0.15) is 0 Å². The Balaban J connectivity index is 1.56. The third-order valence-corrected chi connectivity index (χ3v) is 4.93. The van der Waals surface area contributed by atoms with Crippen LogP contribution in [-0.2, 0) is 4.79 Å². The molecule has 0 fully saturated rings. The molecule has 7 heteroatoms. The Morgan fingerprint density at radius 1 is 1.04 bits per heavy atom. The predicted octanol–water partition coefficient (Wildman–Crippen LogP) is 2.87. The summed E-state index contributed by atoms with van der Waals surface area (Å²) in [7, 11) is 0. The van der Waals surface area contributed by atoms with E-state index >= 15 is 0 Å². The molecule has 0 aliphatic carbocycles. The van der Waals surface area contributed by atoms with Crippen molar-refractivity contribution in [1.82, 2.24) is 15.2 Å². The number of carbonyl (C=O) groups excluding carboxylic acids is 2. The number of carbonyl (C=O) groups is 2. The molecular formula is C21H20BrN3O3. The highest BCUT2D eigenvalue weighted by Crippen LogP contribution is 2.12. The number of benzene rings is 2. The van der Waals surface area contributed by atoms with Gasteiger partial charge in [0.15, 0.2) is 0 Å². The van der Waals surface area contributed by atoms with E-state index in [0.717, 1.165) is 9.86 Å². The third kappa shape index (κ3) is 4.48. The van der Waals surface area contributed by atoms with Crippen molar-refractivity contribution in [1.29, 1.82) is 0 Å². The highest BCUT2D eigenvalue weighted by molar-refractivity contribution is 9.10. The van der Waals surface area contributed by atoms with Crippen LogP contribution in [0.1, 0.15) is 23.3 Å². The minimum absolute atomic E-state index is 0.205. The Bertz CT molecular complexity index is 1080. The van der Waals surface area contributed by atoms with Gasteiger partial charge in [0.1, 0.15) is 6.04 Å². The lowest BCUT2D eigenvalue weighted by molar-refractivity contribution is -0.123. The molecule has 0 unspecified atom stereocenters. The maximum atomic E-state index is 12.6. The lowest BCUT2D eigenvalue weighted by atomic mass is 10.1. The molecule has 0 spiro atoms. The minimum atomic E-state index is -0.655. The van der Waals surface area contributed by atoms with Crippen molar-refractivity contribution in [2.45, 2.75) is 13.0 Å². The van der Waals surface area contributed by atoms with E-state index in [1.807, 2.05) is 24.3 Å². The number of aromatic nitrogens is 1. The Morgan fingerprint density at radius 2 is 1.79 bits per heavy atom. The Labute approximate surface area is 170 Å². The summed E-state index contributed by atoms with van der Waals surface area (Å²) < 4.78 is 2.24. The fourth-order valence-corrected chi connectivity index (χ4v) is 3.28. The lowest BCUT2D eigenvalue weighted by Gasteiger charge is -2.16. The van der Waals surface area contributed by atoms with Gasteiger partial charge in [0, 0.05) is 34.7 Å². The molecular weight excluding hydrogens is 422 g/mol. The molecule has 0 saturated carbocycles. The van der Waals surface area contributed by atoms with Crippen LogP contribution in [0.15, 0.2) is 70.1 Å². The van der Waals surface area contributed by atoms with Crippen LogP contribution in [0.2, 0.25) is 0 Å². The first kappa shape index (κ1) is 19.8. The van der Waals surface area contributed by atoms with Crippen molar-refractivity contribution in [3.05, 3.63) is 81.2 Å². The van der Waals surface area contributed by atoms with Gasteiger partial charge in [0.05, 0.1) is 0 Å². The smallest absolute Gasteiger partial charge is 0.259 e. The van der Waals surface area contributed by atoms with Crippen LogP contribution in [0, 0.1) is 0 Å². The van der Waals surface area contributed by atoms with Gasteiger partial charge < -0.3 is 15.2 Å². The topological polar surface area (TPSA) is 80.2 Å². The third-order valence-electron chi connectivity index (χ3n) is 4.43. The van der Waals surface area contributed by atoms with Crippen molar-refractivity contribution in [2.75, 3.05) is 13.1 Å². The van der Waals surface area contributed by atoms with Crippen LogP contribution in [-0.4, -0.2) is 29.5 Å².